The second-order valence-electron chi connectivity index (χ2n) is 9.25. The lowest BCUT2D eigenvalue weighted by molar-refractivity contribution is 0.165. The van der Waals surface area contributed by atoms with Crippen LogP contribution in [0.3, 0.4) is 0 Å². The Morgan fingerprint density at radius 3 is 2.57 bits per heavy atom. The van der Waals surface area contributed by atoms with Crippen molar-refractivity contribution in [3.8, 4) is 5.75 Å². The normalized spacial score (nSPS) is 18.0. The molecule has 3 heteroatoms. The molecular weight excluding hydrogens is 344 g/mol. The highest BCUT2D eigenvalue weighted by molar-refractivity contribution is 5.39. The number of ether oxygens (including phenoxy) is 1. The van der Waals surface area contributed by atoms with Crippen LogP contribution in [0, 0.1) is 0 Å². The molecule has 1 unspecified atom stereocenters. The Hall–Kier alpha value is -1.84. The molecule has 0 spiro atoms. The molecule has 2 aromatic rings. The van der Waals surface area contributed by atoms with E-state index in [0.29, 0.717) is 12.0 Å². The van der Waals surface area contributed by atoms with E-state index in [0.717, 1.165) is 18.8 Å². The Balaban J connectivity index is 1.79. The summed E-state index contributed by atoms with van der Waals surface area (Å²) in [4.78, 5) is 0. The highest BCUT2D eigenvalue weighted by Gasteiger charge is 2.28. The molecule has 1 aliphatic rings. The van der Waals surface area contributed by atoms with Crippen molar-refractivity contribution in [3.05, 3.63) is 64.7 Å². The lowest BCUT2D eigenvalue weighted by Crippen LogP contribution is -2.37. The van der Waals surface area contributed by atoms with E-state index < -0.39 is 0 Å². The van der Waals surface area contributed by atoms with Crippen LogP contribution in [0.25, 0.3) is 0 Å². The highest BCUT2D eigenvalue weighted by Crippen LogP contribution is 2.35. The topological polar surface area (TPSA) is 24.5 Å². The average molecular weight is 381 g/mol. The molecule has 0 aliphatic carbocycles. The van der Waals surface area contributed by atoms with Gasteiger partial charge >= 0.3 is 0 Å². The molecule has 28 heavy (non-hydrogen) atoms. The van der Waals surface area contributed by atoms with Gasteiger partial charge in [0.25, 0.3) is 0 Å². The Bertz CT molecular complexity index is 791. The third-order valence-corrected chi connectivity index (χ3v) is 5.85. The lowest BCUT2D eigenvalue weighted by atomic mass is 9.86. The van der Waals surface area contributed by atoms with Gasteiger partial charge in [0.05, 0.1) is 7.11 Å². The fourth-order valence-electron chi connectivity index (χ4n) is 4.19. The van der Waals surface area contributed by atoms with Gasteiger partial charge in [0, 0.05) is 24.7 Å². The second kappa shape index (κ2) is 8.67. The van der Waals surface area contributed by atoms with Gasteiger partial charge in [-0.05, 0) is 46.9 Å². The zero-order chi connectivity index (χ0) is 20.3. The van der Waals surface area contributed by atoms with Crippen LogP contribution < -0.4 is 10.2 Å². The van der Waals surface area contributed by atoms with E-state index in [2.05, 4.69) is 87.5 Å². The Labute approximate surface area is 171 Å². The molecule has 0 saturated carbocycles. The number of hydrogen-bond acceptors (Lipinski definition) is 3. The van der Waals surface area contributed by atoms with Crippen LogP contribution in [0.5, 0.6) is 5.75 Å². The first-order valence-electron chi connectivity index (χ1n) is 10.6. The molecule has 3 rings (SSSR count). The molecule has 152 valence electrons. The van der Waals surface area contributed by atoms with Crippen LogP contribution in [0.4, 0.5) is 0 Å². The molecule has 1 N–H and O–H groups in total. The van der Waals surface area contributed by atoms with Crippen molar-refractivity contribution in [3.63, 3.8) is 0 Å². The molecule has 1 fully saturated rings. The summed E-state index contributed by atoms with van der Waals surface area (Å²) < 4.78 is 5.63. The summed E-state index contributed by atoms with van der Waals surface area (Å²) in [5, 5.41) is 2.43. The maximum absolute atomic E-state index is 5.63. The SMILES string of the molecule is COc1ccc(C(C)(C)C)cc1CNN1CCCC1c1ccccc1C(C)C. The van der Waals surface area contributed by atoms with Crippen molar-refractivity contribution in [2.24, 2.45) is 0 Å². The van der Waals surface area contributed by atoms with Gasteiger partial charge in [-0.15, -0.1) is 0 Å². The third kappa shape index (κ3) is 4.59. The fourth-order valence-corrected chi connectivity index (χ4v) is 4.19. The van der Waals surface area contributed by atoms with E-state index in [4.69, 9.17) is 4.74 Å². The summed E-state index contributed by atoms with van der Waals surface area (Å²) in [6, 6.07) is 15.9. The summed E-state index contributed by atoms with van der Waals surface area (Å²) >= 11 is 0. The predicted molar refractivity (Wildman–Crippen MR) is 118 cm³/mol. The van der Waals surface area contributed by atoms with E-state index in [9.17, 15) is 0 Å². The number of benzene rings is 2. The Morgan fingerprint density at radius 2 is 1.89 bits per heavy atom. The monoisotopic (exact) mass is 380 g/mol. The first-order chi connectivity index (χ1) is 13.3. The quantitative estimate of drug-likeness (QED) is 0.669. The van der Waals surface area contributed by atoms with Crippen LogP contribution in [0.2, 0.25) is 0 Å². The molecule has 1 heterocycles. The van der Waals surface area contributed by atoms with Gasteiger partial charge in [0.1, 0.15) is 5.75 Å². The highest BCUT2D eigenvalue weighted by atomic mass is 16.5. The Morgan fingerprint density at radius 1 is 1.14 bits per heavy atom. The average Bonchev–Trinajstić information content (AvgIpc) is 3.13. The number of hydrogen-bond donors (Lipinski definition) is 1. The summed E-state index contributed by atoms with van der Waals surface area (Å²) in [5.74, 6) is 1.50. The van der Waals surface area contributed by atoms with Gasteiger partial charge in [0.15, 0.2) is 0 Å². The minimum atomic E-state index is 0.132. The minimum absolute atomic E-state index is 0.132. The smallest absolute Gasteiger partial charge is 0.123 e. The van der Waals surface area contributed by atoms with E-state index >= 15 is 0 Å². The van der Waals surface area contributed by atoms with Crippen LogP contribution >= 0.6 is 0 Å². The maximum atomic E-state index is 5.63. The second-order valence-corrected chi connectivity index (χ2v) is 9.25. The number of hydrazine groups is 1. The number of nitrogens with one attached hydrogen (secondary N) is 1. The molecule has 2 aromatic carbocycles. The van der Waals surface area contributed by atoms with Crippen molar-refractivity contribution in [1.82, 2.24) is 10.4 Å². The number of methoxy groups -OCH3 is 1. The number of nitrogens with zero attached hydrogens (tertiary/aromatic N) is 1. The van der Waals surface area contributed by atoms with Gasteiger partial charge in [0.2, 0.25) is 0 Å². The van der Waals surface area contributed by atoms with Gasteiger partial charge in [-0.25, -0.2) is 5.01 Å². The van der Waals surface area contributed by atoms with E-state index in [1.54, 1.807) is 7.11 Å². The molecule has 0 radical (unpaired) electrons. The molecule has 1 atom stereocenters. The molecule has 1 aliphatic heterocycles. The zero-order valence-electron chi connectivity index (χ0n) is 18.4. The van der Waals surface area contributed by atoms with Crippen molar-refractivity contribution < 1.29 is 4.74 Å². The van der Waals surface area contributed by atoms with Crippen LogP contribution in [-0.4, -0.2) is 18.7 Å². The molecule has 0 bridgehead atoms. The summed E-state index contributed by atoms with van der Waals surface area (Å²) in [5.41, 5.74) is 9.35. The van der Waals surface area contributed by atoms with Gasteiger partial charge in [-0.3, -0.25) is 5.43 Å². The van der Waals surface area contributed by atoms with Crippen LogP contribution in [-0.2, 0) is 12.0 Å². The van der Waals surface area contributed by atoms with Gasteiger partial charge < -0.3 is 4.74 Å². The largest absolute Gasteiger partial charge is 0.496 e. The molecule has 0 aromatic heterocycles. The standard InChI is InChI=1S/C25H36N2O/c1-18(2)21-10-7-8-11-22(21)23-12-9-15-27(23)26-17-19-16-20(25(3,4)5)13-14-24(19)28-6/h7-8,10-11,13-14,16,18,23,26H,9,12,15,17H2,1-6H3. The summed E-state index contributed by atoms with van der Waals surface area (Å²) in [7, 11) is 1.76. The van der Waals surface area contributed by atoms with Crippen LogP contribution in [0.1, 0.15) is 81.7 Å². The van der Waals surface area contributed by atoms with E-state index in [1.807, 2.05) is 0 Å². The first kappa shape index (κ1) is 20.9. The number of rotatable bonds is 6. The predicted octanol–water partition coefficient (Wildman–Crippen LogP) is 5.96. The zero-order valence-corrected chi connectivity index (χ0v) is 18.4. The fraction of sp³-hybridized carbons (Fsp3) is 0.520. The lowest BCUT2D eigenvalue weighted by Gasteiger charge is -2.29. The molecular formula is C25H36N2O. The summed E-state index contributed by atoms with van der Waals surface area (Å²) in [6.45, 7) is 13.2. The van der Waals surface area contributed by atoms with Crippen LogP contribution in [0.15, 0.2) is 42.5 Å². The molecule has 3 nitrogen and oxygen atoms in total. The minimum Gasteiger partial charge on any atom is -0.496 e. The maximum Gasteiger partial charge on any atom is 0.123 e. The third-order valence-electron chi connectivity index (χ3n) is 5.85. The summed E-state index contributed by atoms with van der Waals surface area (Å²) in [6.07, 6.45) is 2.43. The van der Waals surface area contributed by atoms with Crippen molar-refractivity contribution in [2.75, 3.05) is 13.7 Å². The van der Waals surface area contributed by atoms with E-state index in [-0.39, 0.29) is 5.41 Å². The van der Waals surface area contributed by atoms with Crippen molar-refractivity contribution in [1.29, 1.82) is 0 Å². The molecule has 1 saturated heterocycles. The first-order valence-corrected chi connectivity index (χ1v) is 10.6. The van der Waals surface area contributed by atoms with Gasteiger partial charge in [-0.1, -0.05) is 71.0 Å². The Kier molecular flexibility index (Phi) is 6.47. The molecule has 0 amide bonds. The van der Waals surface area contributed by atoms with Crippen molar-refractivity contribution >= 4 is 0 Å². The van der Waals surface area contributed by atoms with Crippen molar-refractivity contribution in [2.45, 2.75) is 71.4 Å². The van der Waals surface area contributed by atoms with Gasteiger partial charge in [-0.2, -0.15) is 0 Å². The van der Waals surface area contributed by atoms with E-state index in [1.165, 1.54) is 35.1 Å².